The van der Waals surface area contributed by atoms with E-state index < -0.39 is 0 Å². The summed E-state index contributed by atoms with van der Waals surface area (Å²) in [6.45, 7) is 11.7. The highest BCUT2D eigenvalue weighted by Crippen LogP contribution is 2.34. The number of nitrogens with one attached hydrogen (secondary N) is 1. The molecule has 1 N–H and O–H groups in total. The van der Waals surface area contributed by atoms with Gasteiger partial charge in [-0.15, -0.1) is 11.3 Å². The number of aryl methyl sites for hydroxylation is 1. The first-order valence-corrected chi connectivity index (χ1v) is 8.80. The number of piperidine rings is 1. The van der Waals surface area contributed by atoms with Crippen molar-refractivity contribution in [1.29, 1.82) is 0 Å². The van der Waals surface area contributed by atoms with Gasteiger partial charge in [0.05, 0.1) is 12.3 Å². The number of nitrogens with zero attached hydrogens (tertiary/aromatic N) is 2. The summed E-state index contributed by atoms with van der Waals surface area (Å²) in [4.78, 5) is 8.75. The lowest BCUT2D eigenvalue weighted by Gasteiger charge is -2.37. The Labute approximate surface area is 132 Å². The van der Waals surface area contributed by atoms with Crippen molar-refractivity contribution in [3.8, 4) is 0 Å². The van der Waals surface area contributed by atoms with Crippen molar-refractivity contribution in [1.82, 2.24) is 10.3 Å². The second-order valence-corrected chi connectivity index (χ2v) is 7.64. The highest BCUT2D eigenvalue weighted by Gasteiger charge is 2.28. The molecular weight excluding hydrogens is 282 g/mol. The van der Waals surface area contributed by atoms with Gasteiger partial charge in [-0.25, -0.2) is 4.98 Å². The maximum Gasteiger partial charge on any atom is 0.185 e. The lowest BCUT2D eigenvalue weighted by Crippen LogP contribution is -2.40. The first-order chi connectivity index (χ1) is 10.1. The third kappa shape index (κ3) is 4.66. The highest BCUT2D eigenvalue weighted by molar-refractivity contribution is 7.15. The maximum absolute atomic E-state index is 5.08. The zero-order valence-electron chi connectivity index (χ0n) is 13.9. The van der Waals surface area contributed by atoms with E-state index in [4.69, 9.17) is 9.72 Å². The Morgan fingerprint density at radius 2 is 2.24 bits per heavy atom. The predicted molar refractivity (Wildman–Crippen MR) is 90.3 cm³/mol. The van der Waals surface area contributed by atoms with Crippen LogP contribution >= 0.6 is 11.3 Å². The second kappa shape index (κ2) is 7.56. The minimum atomic E-state index is 0.410. The second-order valence-electron chi connectivity index (χ2n) is 6.58. The third-order valence-corrected chi connectivity index (χ3v) is 5.20. The fourth-order valence-electron chi connectivity index (χ4n) is 2.88. The van der Waals surface area contributed by atoms with Crippen LogP contribution in [0.5, 0.6) is 0 Å². The molecule has 1 aromatic rings. The van der Waals surface area contributed by atoms with Gasteiger partial charge in [0.2, 0.25) is 0 Å². The fourth-order valence-corrected chi connectivity index (χ4v) is 4.03. The standard InChI is InChI=1S/C16H29N3OS/c1-5-13-14(11-17-8-10-20-4)21-15(18-13)19-9-6-7-16(2,3)12-19/h17H,5-12H2,1-4H3. The van der Waals surface area contributed by atoms with Gasteiger partial charge in [0.1, 0.15) is 0 Å². The predicted octanol–water partition coefficient (Wildman–Crippen LogP) is 3.07. The van der Waals surface area contributed by atoms with Gasteiger partial charge in [0, 0.05) is 38.2 Å². The maximum atomic E-state index is 5.08. The molecule has 0 aromatic carbocycles. The fraction of sp³-hybridized carbons (Fsp3) is 0.812. The summed E-state index contributed by atoms with van der Waals surface area (Å²) < 4.78 is 5.08. The number of hydrogen-bond donors (Lipinski definition) is 1. The van der Waals surface area contributed by atoms with Crippen LogP contribution in [-0.2, 0) is 17.7 Å². The molecule has 0 bridgehead atoms. The summed E-state index contributed by atoms with van der Waals surface area (Å²) in [5.74, 6) is 0. The van der Waals surface area contributed by atoms with E-state index in [1.807, 2.05) is 11.3 Å². The van der Waals surface area contributed by atoms with Crippen molar-refractivity contribution < 1.29 is 4.74 Å². The Kier molecular flexibility index (Phi) is 6.02. The molecule has 21 heavy (non-hydrogen) atoms. The lowest BCUT2D eigenvalue weighted by atomic mass is 9.84. The summed E-state index contributed by atoms with van der Waals surface area (Å²) in [7, 11) is 1.74. The van der Waals surface area contributed by atoms with Crippen LogP contribution in [0.15, 0.2) is 0 Å². The molecule has 1 aromatic heterocycles. The number of rotatable bonds is 7. The van der Waals surface area contributed by atoms with E-state index >= 15 is 0 Å². The molecule has 0 saturated carbocycles. The van der Waals surface area contributed by atoms with E-state index in [2.05, 4.69) is 31.0 Å². The molecule has 0 atom stereocenters. The number of anilines is 1. The highest BCUT2D eigenvalue weighted by atomic mass is 32.1. The van der Waals surface area contributed by atoms with Crippen LogP contribution in [0.2, 0.25) is 0 Å². The quantitative estimate of drug-likeness (QED) is 0.785. The van der Waals surface area contributed by atoms with Gasteiger partial charge in [-0.2, -0.15) is 0 Å². The van der Waals surface area contributed by atoms with Crippen molar-refractivity contribution in [3.63, 3.8) is 0 Å². The van der Waals surface area contributed by atoms with Crippen molar-refractivity contribution in [2.45, 2.75) is 46.6 Å². The first kappa shape index (κ1) is 16.7. The summed E-state index contributed by atoms with van der Waals surface area (Å²) in [5, 5.41) is 4.65. The molecule has 1 aliphatic heterocycles. The molecule has 2 heterocycles. The Morgan fingerprint density at radius 1 is 1.43 bits per heavy atom. The van der Waals surface area contributed by atoms with Gasteiger partial charge < -0.3 is 15.0 Å². The van der Waals surface area contributed by atoms with Crippen LogP contribution in [0.1, 0.15) is 44.2 Å². The average molecular weight is 311 g/mol. The van der Waals surface area contributed by atoms with E-state index in [9.17, 15) is 0 Å². The first-order valence-electron chi connectivity index (χ1n) is 7.99. The van der Waals surface area contributed by atoms with Crippen molar-refractivity contribution in [3.05, 3.63) is 10.6 Å². The monoisotopic (exact) mass is 311 g/mol. The van der Waals surface area contributed by atoms with Gasteiger partial charge in [0.15, 0.2) is 5.13 Å². The molecule has 2 rings (SSSR count). The van der Waals surface area contributed by atoms with Crippen LogP contribution < -0.4 is 10.2 Å². The number of aromatic nitrogens is 1. The normalized spacial score (nSPS) is 18.2. The number of thiazole rings is 1. The Morgan fingerprint density at radius 3 is 2.90 bits per heavy atom. The number of methoxy groups -OCH3 is 1. The summed E-state index contributed by atoms with van der Waals surface area (Å²) in [6, 6.07) is 0. The zero-order chi connectivity index (χ0) is 15.3. The Hall–Kier alpha value is -0.650. The molecule has 0 amide bonds. The molecule has 1 aliphatic rings. The molecule has 1 saturated heterocycles. The van der Waals surface area contributed by atoms with E-state index in [0.717, 1.165) is 39.2 Å². The molecule has 0 aliphatic carbocycles. The van der Waals surface area contributed by atoms with E-state index in [0.29, 0.717) is 5.41 Å². The van der Waals surface area contributed by atoms with E-state index in [1.54, 1.807) is 7.11 Å². The molecule has 0 unspecified atom stereocenters. The zero-order valence-corrected chi connectivity index (χ0v) is 14.7. The summed E-state index contributed by atoms with van der Waals surface area (Å²) in [6.07, 6.45) is 3.60. The Bertz CT molecular complexity index is 445. The van der Waals surface area contributed by atoms with Crippen molar-refractivity contribution in [2.24, 2.45) is 5.41 Å². The number of ether oxygens (including phenoxy) is 1. The summed E-state index contributed by atoms with van der Waals surface area (Å²) in [5.41, 5.74) is 1.66. The van der Waals surface area contributed by atoms with E-state index in [1.165, 1.54) is 28.5 Å². The molecule has 0 radical (unpaired) electrons. The van der Waals surface area contributed by atoms with Crippen LogP contribution in [0, 0.1) is 5.41 Å². The molecule has 5 heteroatoms. The van der Waals surface area contributed by atoms with Gasteiger partial charge in [-0.3, -0.25) is 0 Å². The largest absolute Gasteiger partial charge is 0.383 e. The van der Waals surface area contributed by atoms with Gasteiger partial charge in [-0.1, -0.05) is 20.8 Å². The molecule has 0 spiro atoms. The molecular formula is C16H29N3OS. The van der Waals surface area contributed by atoms with Gasteiger partial charge in [0.25, 0.3) is 0 Å². The topological polar surface area (TPSA) is 37.4 Å². The SMILES string of the molecule is CCc1nc(N2CCCC(C)(C)C2)sc1CNCCOC. The van der Waals surface area contributed by atoms with Crippen LogP contribution in [0.3, 0.4) is 0 Å². The van der Waals surface area contributed by atoms with Crippen LogP contribution in [0.25, 0.3) is 0 Å². The molecule has 120 valence electrons. The van der Waals surface area contributed by atoms with Gasteiger partial charge >= 0.3 is 0 Å². The number of hydrogen-bond acceptors (Lipinski definition) is 5. The molecule has 4 nitrogen and oxygen atoms in total. The molecule has 1 fully saturated rings. The van der Waals surface area contributed by atoms with Crippen molar-refractivity contribution in [2.75, 3.05) is 38.3 Å². The minimum Gasteiger partial charge on any atom is -0.383 e. The summed E-state index contributed by atoms with van der Waals surface area (Å²) >= 11 is 1.86. The van der Waals surface area contributed by atoms with E-state index in [-0.39, 0.29) is 0 Å². The van der Waals surface area contributed by atoms with Crippen LogP contribution in [-0.4, -0.2) is 38.3 Å². The Balaban J connectivity index is 2.02. The third-order valence-electron chi connectivity index (χ3n) is 4.04. The minimum absolute atomic E-state index is 0.410. The van der Waals surface area contributed by atoms with Crippen LogP contribution in [0.4, 0.5) is 5.13 Å². The lowest BCUT2D eigenvalue weighted by molar-refractivity contribution is 0.199. The van der Waals surface area contributed by atoms with Crippen molar-refractivity contribution >= 4 is 16.5 Å². The average Bonchev–Trinajstić information content (AvgIpc) is 2.86. The smallest absolute Gasteiger partial charge is 0.185 e. The van der Waals surface area contributed by atoms with Gasteiger partial charge in [-0.05, 0) is 24.7 Å².